The maximum Gasteiger partial charge on any atom is 0.295 e. The van der Waals surface area contributed by atoms with Crippen molar-refractivity contribution < 1.29 is 28.9 Å². The lowest BCUT2D eigenvalue weighted by Gasteiger charge is -2.25. The highest BCUT2D eigenvalue weighted by molar-refractivity contribution is 6.46. The van der Waals surface area contributed by atoms with E-state index in [9.17, 15) is 14.7 Å². The van der Waals surface area contributed by atoms with Gasteiger partial charge in [0.1, 0.15) is 17.3 Å². The Hall–Kier alpha value is -3.32. The molecule has 1 atom stereocenters. The zero-order valence-corrected chi connectivity index (χ0v) is 18.2. The summed E-state index contributed by atoms with van der Waals surface area (Å²) < 4.78 is 15.9. The first-order valence-corrected chi connectivity index (χ1v) is 10.1. The molecule has 3 rings (SSSR count). The van der Waals surface area contributed by atoms with Gasteiger partial charge < -0.3 is 24.2 Å². The first-order chi connectivity index (χ1) is 14.9. The third kappa shape index (κ3) is 4.41. The average molecular weight is 425 g/mol. The van der Waals surface area contributed by atoms with Crippen molar-refractivity contribution in [2.75, 3.05) is 34.0 Å². The molecule has 1 heterocycles. The molecule has 0 bridgehead atoms. The maximum absolute atomic E-state index is 13.0. The van der Waals surface area contributed by atoms with E-state index in [1.54, 1.807) is 49.6 Å². The molecule has 7 nitrogen and oxygen atoms in total. The minimum absolute atomic E-state index is 0.0542. The molecule has 31 heavy (non-hydrogen) atoms. The molecule has 0 unspecified atom stereocenters. The lowest BCUT2D eigenvalue weighted by atomic mass is 9.94. The summed E-state index contributed by atoms with van der Waals surface area (Å²) in [4.78, 5) is 27.2. The van der Waals surface area contributed by atoms with Crippen LogP contribution >= 0.6 is 0 Å². The van der Waals surface area contributed by atoms with Crippen LogP contribution in [0.25, 0.3) is 5.76 Å². The van der Waals surface area contributed by atoms with Crippen LogP contribution in [0.3, 0.4) is 0 Å². The molecule has 1 aliphatic heterocycles. The van der Waals surface area contributed by atoms with Crippen molar-refractivity contribution in [3.05, 3.63) is 64.7 Å². The van der Waals surface area contributed by atoms with Crippen molar-refractivity contribution in [3.8, 4) is 11.5 Å². The summed E-state index contributed by atoms with van der Waals surface area (Å²) in [7, 11) is 3.09. The Morgan fingerprint density at radius 2 is 1.74 bits per heavy atom. The number of methoxy groups -OCH3 is 2. The number of rotatable bonds is 8. The summed E-state index contributed by atoms with van der Waals surface area (Å²) >= 11 is 0. The molecule has 2 aromatic carbocycles. The fourth-order valence-corrected chi connectivity index (χ4v) is 3.73. The van der Waals surface area contributed by atoms with Gasteiger partial charge in [0, 0.05) is 19.2 Å². The standard InChI is InChI=1S/C24H27NO6/c1-5-31-17-8-6-16(7-9-17)21-20(23(27)24(28)25(21)12-13-29-3)22(26)19-11-10-18(30-4)14-15(19)2/h6-11,14,21,26H,5,12-13H2,1-4H3/b22-20+/t21-/m0/s1. The second-order valence-electron chi connectivity index (χ2n) is 7.17. The number of ether oxygens (including phenoxy) is 3. The number of nitrogens with zero attached hydrogens (tertiary/aromatic N) is 1. The fourth-order valence-electron chi connectivity index (χ4n) is 3.73. The van der Waals surface area contributed by atoms with Crippen LogP contribution in [0.15, 0.2) is 48.0 Å². The highest BCUT2D eigenvalue weighted by Gasteiger charge is 2.46. The van der Waals surface area contributed by atoms with Gasteiger partial charge in [-0.3, -0.25) is 9.59 Å². The predicted octanol–water partition coefficient (Wildman–Crippen LogP) is 3.47. The van der Waals surface area contributed by atoms with Crippen LogP contribution in [0.4, 0.5) is 0 Å². The molecule has 1 N–H and O–H groups in total. The van der Waals surface area contributed by atoms with Gasteiger partial charge in [-0.05, 0) is 55.3 Å². The molecule has 0 aromatic heterocycles. The summed E-state index contributed by atoms with van der Waals surface area (Å²) in [6, 6.07) is 11.6. The summed E-state index contributed by atoms with van der Waals surface area (Å²) in [5, 5.41) is 11.1. The molecule has 0 spiro atoms. The van der Waals surface area contributed by atoms with Crippen LogP contribution in [-0.4, -0.2) is 55.7 Å². The number of aryl methyl sites for hydroxylation is 1. The summed E-state index contributed by atoms with van der Waals surface area (Å²) in [5.41, 5.74) is 1.96. The van der Waals surface area contributed by atoms with Crippen LogP contribution in [0.5, 0.6) is 11.5 Å². The molecule has 0 aliphatic carbocycles. The number of Topliss-reactive ketones (excluding diaryl/α,β-unsaturated/α-hetero) is 1. The molecular weight excluding hydrogens is 398 g/mol. The Morgan fingerprint density at radius 3 is 2.32 bits per heavy atom. The molecule has 1 saturated heterocycles. The predicted molar refractivity (Wildman–Crippen MR) is 116 cm³/mol. The van der Waals surface area contributed by atoms with Crippen LogP contribution in [-0.2, 0) is 14.3 Å². The van der Waals surface area contributed by atoms with Gasteiger partial charge in [-0.25, -0.2) is 0 Å². The first kappa shape index (κ1) is 22.4. The molecule has 7 heteroatoms. The fraction of sp³-hybridized carbons (Fsp3) is 0.333. The number of hydrogen-bond acceptors (Lipinski definition) is 6. The third-order valence-corrected chi connectivity index (χ3v) is 5.27. The van der Waals surface area contributed by atoms with Gasteiger partial charge in [0.05, 0.1) is 31.9 Å². The number of aliphatic hydroxyl groups excluding tert-OH is 1. The van der Waals surface area contributed by atoms with Crippen molar-refractivity contribution in [1.82, 2.24) is 4.90 Å². The molecule has 1 amide bonds. The average Bonchev–Trinajstić information content (AvgIpc) is 3.02. The smallest absolute Gasteiger partial charge is 0.295 e. The summed E-state index contributed by atoms with van der Waals surface area (Å²) in [6.07, 6.45) is 0. The van der Waals surface area contributed by atoms with E-state index in [-0.39, 0.29) is 24.5 Å². The number of carbonyl (C=O) groups is 2. The Bertz CT molecular complexity index is 996. The Morgan fingerprint density at radius 1 is 1.06 bits per heavy atom. The summed E-state index contributed by atoms with van der Waals surface area (Å²) in [6.45, 7) is 4.72. The lowest BCUT2D eigenvalue weighted by Crippen LogP contribution is -2.32. The second-order valence-corrected chi connectivity index (χ2v) is 7.17. The minimum Gasteiger partial charge on any atom is -0.507 e. The van der Waals surface area contributed by atoms with E-state index in [0.717, 1.165) is 5.56 Å². The van der Waals surface area contributed by atoms with Crippen LogP contribution < -0.4 is 9.47 Å². The van der Waals surface area contributed by atoms with Gasteiger partial charge in [-0.15, -0.1) is 0 Å². The quantitative estimate of drug-likeness (QED) is 0.396. The number of benzene rings is 2. The highest BCUT2D eigenvalue weighted by Crippen LogP contribution is 2.40. The minimum atomic E-state index is -0.729. The monoisotopic (exact) mass is 425 g/mol. The molecule has 1 fully saturated rings. The Balaban J connectivity index is 2.13. The molecule has 164 valence electrons. The van der Waals surface area contributed by atoms with Crippen molar-refractivity contribution in [2.45, 2.75) is 19.9 Å². The van der Waals surface area contributed by atoms with Crippen molar-refractivity contribution >= 4 is 17.4 Å². The molecular formula is C24H27NO6. The van der Waals surface area contributed by atoms with E-state index in [2.05, 4.69) is 0 Å². The SMILES string of the molecule is CCOc1ccc([C@H]2/C(=C(\O)c3ccc(OC)cc3C)C(=O)C(=O)N2CCOC)cc1. The van der Waals surface area contributed by atoms with E-state index in [0.29, 0.717) is 29.2 Å². The summed E-state index contributed by atoms with van der Waals surface area (Å²) in [5.74, 6) is -0.271. The van der Waals surface area contributed by atoms with Crippen molar-refractivity contribution in [2.24, 2.45) is 0 Å². The van der Waals surface area contributed by atoms with E-state index >= 15 is 0 Å². The maximum atomic E-state index is 13.0. The zero-order valence-electron chi connectivity index (χ0n) is 18.2. The number of amides is 1. The van der Waals surface area contributed by atoms with Crippen LogP contribution in [0, 0.1) is 6.92 Å². The second kappa shape index (κ2) is 9.66. The van der Waals surface area contributed by atoms with Gasteiger partial charge in [0.2, 0.25) is 0 Å². The number of likely N-dealkylation sites (tertiary alicyclic amines) is 1. The third-order valence-electron chi connectivity index (χ3n) is 5.27. The normalized spacial score (nSPS) is 17.8. The van der Waals surface area contributed by atoms with Gasteiger partial charge in [-0.2, -0.15) is 0 Å². The van der Waals surface area contributed by atoms with Gasteiger partial charge >= 0.3 is 0 Å². The molecule has 2 aromatic rings. The van der Waals surface area contributed by atoms with Crippen molar-refractivity contribution in [3.63, 3.8) is 0 Å². The molecule has 0 saturated carbocycles. The Labute approximate surface area is 181 Å². The van der Waals surface area contributed by atoms with Crippen LogP contribution in [0.1, 0.15) is 29.7 Å². The number of aliphatic hydroxyl groups is 1. The van der Waals surface area contributed by atoms with Crippen LogP contribution in [0.2, 0.25) is 0 Å². The van der Waals surface area contributed by atoms with Gasteiger partial charge in [-0.1, -0.05) is 12.1 Å². The van der Waals surface area contributed by atoms with Crippen molar-refractivity contribution in [1.29, 1.82) is 0 Å². The topological polar surface area (TPSA) is 85.3 Å². The first-order valence-electron chi connectivity index (χ1n) is 10.1. The number of carbonyl (C=O) groups excluding carboxylic acids is 2. The number of hydrogen-bond donors (Lipinski definition) is 1. The molecule has 0 radical (unpaired) electrons. The number of ketones is 1. The zero-order chi connectivity index (χ0) is 22.5. The lowest BCUT2D eigenvalue weighted by molar-refractivity contribution is -0.140. The van der Waals surface area contributed by atoms with E-state index in [1.165, 1.54) is 12.0 Å². The van der Waals surface area contributed by atoms with E-state index < -0.39 is 17.7 Å². The van der Waals surface area contributed by atoms with Gasteiger partial charge in [0.25, 0.3) is 11.7 Å². The largest absolute Gasteiger partial charge is 0.507 e. The van der Waals surface area contributed by atoms with E-state index in [4.69, 9.17) is 14.2 Å². The molecule has 1 aliphatic rings. The van der Waals surface area contributed by atoms with E-state index in [1.807, 2.05) is 13.8 Å². The Kier molecular flexibility index (Phi) is 6.97. The van der Waals surface area contributed by atoms with Gasteiger partial charge in [0.15, 0.2) is 0 Å². The highest BCUT2D eigenvalue weighted by atomic mass is 16.5.